The molecular weight excluding hydrogens is 241 g/mol. The van der Waals surface area contributed by atoms with Crippen LogP contribution in [0.2, 0.25) is 0 Å². The largest absolute Gasteiger partial charge is 0.293 e. The number of halogens is 1. The van der Waals surface area contributed by atoms with Crippen molar-refractivity contribution >= 4 is 5.78 Å². The molecule has 0 atom stereocenters. The second kappa shape index (κ2) is 4.92. The van der Waals surface area contributed by atoms with Crippen LogP contribution in [0.5, 0.6) is 0 Å². The molecule has 0 amide bonds. The average molecular weight is 257 g/mol. The Balaban J connectivity index is 2.35. The molecule has 0 aliphatic rings. The number of hydrogen-bond acceptors (Lipinski definition) is 2. The maximum absolute atomic E-state index is 12.9. The van der Waals surface area contributed by atoms with E-state index in [2.05, 4.69) is 4.98 Å². The van der Waals surface area contributed by atoms with Crippen molar-refractivity contribution in [2.75, 3.05) is 0 Å². The van der Waals surface area contributed by atoms with E-state index in [4.69, 9.17) is 0 Å². The molecule has 0 N–H and O–H groups in total. The van der Waals surface area contributed by atoms with Gasteiger partial charge in [0.2, 0.25) is 0 Å². The van der Waals surface area contributed by atoms with Gasteiger partial charge in [0.15, 0.2) is 5.78 Å². The van der Waals surface area contributed by atoms with E-state index in [0.717, 1.165) is 11.3 Å². The first-order chi connectivity index (χ1) is 8.91. The molecule has 3 heteroatoms. The van der Waals surface area contributed by atoms with Crippen LogP contribution in [0, 0.1) is 12.7 Å². The Morgan fingerprint density at radius 3 is 2.26 bits per heavy atom. The van der Waals surface area contributed by atoms with Gasteiger partial charge in [-0.2, -0.15) is 0 Å². The quantitative estimate of drug-likeness (QED) is 0.785. The topological polar surface area (TPSA) is 30.0 Å². The van der Waals surface area contributed by atoms with Crippen molar-refractivity contribution in [1.82, 2.24) is 4.98 Å². The van der Waals surface area contributed by atoms with Crippen LogP contribution in [0.3, 0.4) is 0 Å². The van der Waals surface area contributed by atoms with Gasteiger partial charge in [-0.15, -0.1) is 0 Å². The molecule has 2 rings (SSSR count). The molecule has 2 aromatic rings. The fourth-order valence-electron chi connectivity index (χ4n) is 1.96. The van der Waals surface area contributed by atoms with Gasteiger partial charge in [-0.25, -0.2) is 4.39 Å². The highest BCUT2D eigenvalue weighted by atomic mass is 19.1. The normalized spacial score (nSPS) is 11.4. The minimum absolute atomic E-state index is 0.0217. The number of benzene rings is 1. The van der Waals surface area contributed by atoms with Gasteiger partial charge in [0.25, 0.3) is 0 Å². The van der Waals surface area contributed by atoms with Crippen LogP contribution >= 0.6 is 0 Å². The van der Waals surface area contributed by atoms with Crippen LogP contribution in [0.25, 0.3) is 0 Å². The molecule has 1 aromatic carbocycles. The lowest BCUT2D eigenvalue weighted by atomic mass is 9.78. The van der Waals surface area contributed by atoms with Gasteiger partial charge in [0.1, 0.15) is 5.82 Å². The molecule has 0 fully saturated rings. The summed E-state index contributed by atoms with van der Waals surface area (Å²) in [6.45, 7) is 5.55. The lowest BCUT2D eigenvalue weighted by Gasteiger charge is -2.23. The highest BCUT2D eigenvalue weighted by Crippen LogP contribution is 2.27. The van der Waals surface area contributed by atoms with Crippen molar-refractivity contribution in [2.45, 2.75) is 26.2 Å². The van der Waals surface area contributed by atoms with E-state index in [1.165, 1.54) is 12.1 Å². The van der Waals surface area contributed by atoms with Crippen molar-refractivity contribution in [3.05, 3.63) is 65.2 Å². The fraction of sp³-hybridized carbons (Fsp3) is 0.250. The highest BCUT2D eigenvalue weighted by molar-refractivity contribution is 6.03. The molecule has 1 heterocycles. The van der Waals surface area contributed by atoms with E-state index in [9.17, 15) is 9.18 Å². The number of aromatic nitrogens is 1. The smallest absolute Gasteiger partial charge is 0.174 e. The van der Waals surface area contributed by atoms with Gasteiger partial charge >= 0.3 is 0 Å². The SMILES string of the molecule is Cc1ccc(C(=O)C(C)(C)c2ccc(F)cc2)cn1. The zero-order valence-electron chi connectivity index (χ0n) is 11.3. The number of nitrogens with zero attached hydrogens (tertiary/aromatic N) is 1. The number of rotatable bonds is 3. The summed E-state index contributed by atoms with van der Waals surface area (Å²) in [4.78, 5) is 16.7. The maximum atomic E-state index is 12.9. The Labute approximate surface area is 112 Å². The predicted octanol–water partition coefficient (Wildman–Crippen LogP) is 3.69. The lowest BCUT2D eigenvalue weighted by molar-refractivity contribution is 0.0908. The van der Waals surface area contributed by atoms with Crippen LogP contribution in [0.1, 0.15) is 35.5 Å². The Kier molecular flexibility index (Phi) is 3.47. The molecular formula is C16H16FNO. The van der Waals surface area contributed by atoms with Gasteiger partial charge in [-0.1, -0.05) is 12.1 Å². The predicted molar refractivity (Wildman–Crippen MR) is 72.7 cm³/mol. The Morgan fingerprint density at radius 2 is 1.74 bits per heavy atom. The summed E-state index contributed by atoms with van der Waals surface area (Å²) in [6, 6.07) is 9.63. The van der Waals surface area contributed by atoms with E-state index in [1.807, 2.05) is 26.8 Å². The summed E-state index contributed by atoms with van der Waals surface area (Å²) in [5.74, 6) is -0.324. The molecule has 1 aromatic heterocycles. The average Bonchev–Trinajstić information content (AvgIpc) is 2.39. The number of hydrogen-bond donors (Lipinski definition) is 0. The van der Waals surface area contributed by atoms with Crippen LogP contribution in [0.4, 0.5) is 4.39 Å². The second-order valence-corrected chi connectivity index (χ2v) is 5.15. The molecule has 19 heavy (non-hydrogen) atoms. The zero-order valence-corrected chi connectivity index (χ0v) is 11.3. The number of pyridine rings is 1. The Hall–Kier alpha value is -2.03. The monoisotopic (exact) mass is 257 g/mol. The zero-order chi connectivity index (χ0) is 14.0. The second-order valence-electron chi connectivity index (χ2n) is 5.15. The Morgan fingerprint density at radius 1 is 1.11 bits per heavy atom. The van der Waals surface area contributed by atoms with Crippen LogP contribution in [0.15, 0.2) is 42.6 Å². The first kappa shape index (κ1) is 13.4. The summed E-state index contributed by atoms with van der Waals surface area (Å²) < 4.78 is 12.9. The summed E-state index contributed by atoms with van der Waals surface area (Å²) in [6.07, 6.45) is 1.59. The van der Waals surface area contributed by atoms with Gasteiger partial charge < -0.3 is 0 Å². The van der Waals surface area contributed by atoms with Crippen LogP contribution in [-0.2, 0) is 5.41 Å². The summed E-state index contributed by atoms with van der Waals surface area (Å²) in [7, 11) is 0. The minimum Gasteiger partial charge on any atom is -0.293 e. The standard InChI is InChI=1S/C16H16FNO/c1-11-4-5-12(10-18-11)15(19)16(2,3)13-6-8-14(17)9-7-13/h4-10H,1-3H3. The fourth-order valence-corrected chi connectivity index (χ4v) is 1.96. The van der Waals surface area contributed by atoms with Gasteiger partial charge in [0, 0.05) is 17.5 Å². The van der Waals surface area contributed by atoms with Crippen molar-refractivity contribution < 1.29 is 9.18 Å². The van der Waals surface area contributed by atoms with Crippen molar-refractivity contribution in [2.24, 2.45) is 0 Å². The number of carbonyl (C=O) groups excluding carboxylic acids is 1. The number of aryl methyl sites for hydroxylation is 1. The van der Waals surface area contributed by atoms with E-state index in [-0.39, 0.29) is 11.6 Å². The third-order valence-corrected chi connectivity index (χ3v) is 3.31. The molecule has 0 saturated heterocycles. The van der Waals surface area contributed by atoms with Gasteiger partial charge in [-0.3, -0.25) is 9.78 Å². The number of ketones is 1. The van der Waals surface area contributed by atoms with E-state index >= 15 is 0 Å². The molecule has 0 spiro atoms. The molecule has 0 aliphatic carbocycles. The van der Waals surface area contributed by atoms with Crippen molar-refractivity contribution in [3.63, 3.8) is 0 Å². The van der Waals surface area contributed by atoms with E-state index in [0.29, 0.717) is 5.56 Å². The number of carbonyl (C=O) groups is 1. The molecule has 0 aliphatic heterocycles. The molecule has 0 unspecified atom stereocenters. The Bertz CT molecular complexity index is 585. The summed E-state index contributed by atoms with van der Waals surface area (Å²) >= 11 is 0. The third-order valence-electron chi connectivity index (χ3n) is 3.31. The van der Waals surface area contributed by atoms with Crippen LogP contribution in [-0.4, -0.2) is 10.8 Å². The van der Waals surface area contributed by atoms with E-state index in [1.54, 1.807) is 24.4 Å². The molecule has 0 saturated carbocycles. The summed E-state index contributed by atoms with van der Waals surface area (Å²) in [5.41, 5.74) is 1.53. The molecule has 2 nitrogen and oxygen atoms in total. The first-order valence-electron chi connectivity index (χ1n) is 6.15. The van der Waals surface area contributed by atoms with E-state index < -0.39 is 5.41 Å². The lowest BCUT2D eigenvalue weighted by Crippen LogP contribution is -2.29. The van der Waals surface area contributed by atoms with Crippen molar-refractivity contribution in [1.29, 1.82) is 0 Å². The minimum atomic E-state index is -0.704. The highest BCUT2D eigenvalue weighted by Gasteiger charge is 2.30. The van der Waals surface area contributed by atoms with Crippen LogP contribution < -0.4 is 0 Å². The summed E-state index contributed by atoms with van der Waals surface area (Å²) in [5, 5.41) is 0. The molecule has 0 radical (unpaired) electrons. The molecule has 0 bridgehead atoms. The number of Topliss-reactive ketones (excluding diaryl/α,β-unsaturated/α-hetero) is 1. The van der Waals surface area contributed by atoms with Gasteiger partial charge in [-0.05, 0) is 50.6 Å². The maximum Gasteiger partial charge on any atom is 0.174 e. The van der Waals surface area contributed by atoms with Crippen molar-refractivity contribution in [3.8, 4) is 0 Å². The molecule has 98 valence electrons. The first-order valence-corrected chi connectivity index (χ1v) is 6.15. The third kappa shape index (κ3) is 2.70. The van der Waals surface area contributed by atoms with Gasteiger partial charge in [0.05, 0.1) is 5.41 Å².